The highest BCUT2D eigenvalue weighted by Gasteiger charge is 2.33. The number of hydrogen-bond donors (Lipinski definition) is 5. The van der Waals surface area contributed by atoms with Crippen molar-refractivity contribution in [3.63, 3.8) is 0 Å². The molecule has 0 spiro atoms. The van der Waals surface area contributed by atoms with E-state index in [4.69, 9.17) is 16.7 Å². The van der Waals surface area contributed by atoms with E-state index < -0.39 is 35.5 Å². The third-order valence-electron chi connectivity index (χ3n) is 4.98. The van der Waals surface area contributed by atoms with Crippen LogP contribution in [0.5, 0.6) is 0 Å². The van der Waals surface area contributed by atoms with E-state index in [9.17, 15) is 23.1 Å². The molecule has 2 heterocycles. The van der Waals surface area contributed by atoms with E-state index in [1.54, 1.807) is 28.8 Å². The summed E-state index contributed by atoms with van der Waals surface area (Å²) < 4.78 is 40.7. The largest absolute Gasteiger partial charge is 0.417 e. The lowest BCUT2D eigenvalue weighted by Gasteiger charge is -2.12. The first-order valence-corrected chi connectivity index (χ1v) is 10.8. The molecule has 0 aliphatic carbocycles. The number of aromatic nitrogens is 4. The Morgan fingerprint density at radius 3 is 2.44 bits per heavy atom. The van der Waals surface area contributed by atoms with Gasteiger partial charge in [-0.05, 0) is 42.5 Å². The van der Waals surface area contributed by atoms with Gasteiger partial charge in [-0.2, -0.15) is 13.2 Å². The van der Waals surface area contributed by atoms with Gasteiger partial charge in [0.2, 0.25) is 0 Å². The molecule has 5 N–H and O–H groups in total. The maximum atomic E-state index is 13.0. The lowest BCUT2D eigenvalue weighted by Crippen LogP contribution is -2.23. The monoisotopic (exact) mass is 521 g/mol. The first kappa shape index (κ1) is 25.2. The van der Waals surface area contributed by atoms with Gasteiger partial charge in [0.1, 0.15) is 12.7 Å². The van der Waals surface area contributed by atoms with E-state index in [0.29, 0.717) is 28.4 Å². The van der Waals surface area contributed by atoms with Crippen molar-refractivity contribution < 1.29 is 28.2 Å². The van der Waals surface area contributed by atoms with Crippen LogP contribution in [-0.2, 0) is 6.18 Å². The fourth-order valence-electron chi connectivity index (χ4n) is 3.25. The molecule has 0 bridgehead atoms. The zero-order valence-corrected chi connectivity index (χ0v) is 19.0. The SMILES string of the molecule is O=C(Nc1ccc(-n2cnc3c(NCC(O)CO)ncnc32)cc1)Nc1ccc(Cl)c(C(F)(F)F)c1. The smallest absolute Gasteiger partial charge is 0.394 e. The van der Waals surface area contributed by atoms with E-state index in [1.165, 1.54) is 18.7 Å². The molecular formula is C22H19ClF3N7O3. The van der Waals surface area contributed by atoms with Gasteiger partial charge in [-0.25, -0.2) is 19.7 Å². The van der Waals surface area contributed by atoms with E-state index in [2.05, 4.69) is 30.9 Å². The predicted octanol–water partition coefficient (Wildman–Crippen LogP) is 3.90. The molecule has 2 aromatic carbocycles. The van der Waals surface area contributed by atoms with Crippen LogP contribution < -0.4 is 16.0 Å². The normalized spacial score (nSPS) is 12.4. The average Bonchev–Trinajstić information content (AvgIpc) is 3.28. The molecule has 14 heteroatoms. The highest BCUT2D eigenvalue weighted by molar-refractivity contribution is 6.31. The van der Waals surface area contributed by atoms with E-state index >= 15 is 0 Å². The number of imidazole rings is 1. The topological polar surface area (TPSA) is 137 Å². The number of carbonyl (C=O) groups is 1. The molecule has 1 atom stereocenters. The lowest BCUT2D eigenvalue weighted by molar-refractivity contribution is -0.137. The number of urea groups is 1. The fraction of sp³-hybridized carbons (Fsp3) is 0.182. The first-order chi connectivity index (χ1) is 17.2. The minimum atomic E-state index is -4.65. The van der Waals surface area contributed by atoms with Gasteiger partial charge in [-0.15, -0.1) is 0 Å². The number of benzene rings is 2. The standard InChI is InChI=1S/C22H19ClF3N7O3/c23-17-6-3-13(7-16(17)22(24,25)26)32-21(36)31-12-1-4-14(5-2-12)33-11-30-18-19(27-8-15(35)9-34)28-10-29-20(18)33/h1-7,10-11,15,34-35H,8-9H2,(H,27,28,29)(H2,31,32,36). The van der Waals surface area contributed by atoms with Gasteiger partial charge in [-0.1, -0.05) is 11.6 Å². The molecule has 0 radical (unpaired) electrons. The van der Waals surface area contributed by atoms with Crippen molar-refractivity contribution in [2.24, 2.45) is 0 Å². The van der Waals surface area contributed by atoms with Gasteiger partial charge < -0.3 is 26.2 Å². The zero-order valence-electron chi connectivity index (χ0n) is 18.3. The second-order valence-corrected chi connectivity index (χ2v) is 7.95. The molecule has 2 amide bonds. The van der Waals surface area contributed by atoms with Crippen LogP contribution in [0.25, 0.3) is 16.9 Å². The number of nitrogens with zero attached hydrogens (tertiary/aromatic N) is 4. The van der Waals surface area contributed by atoms with Crippen LogP contribution in [0.1, 0.15) is 5.56 Å². The molecule has 0 aliphatic rings. The first-order valence-electron chi connectivity index (χ1n) is 10.4. The molecule has 0 saturated carbocycles. The Hall–Kier alpha value is -3.94. The number of anilines is 3. The number of fused-ring (bicyclic) bond motifs is 1. The van der Waals surface area contributed by atoms with Crippen LogP contribution in [0.15, 0.2) is 55.1 Å². The second-order valence-electron chi connectivity index (χ2n) is 7.54. The van der Waals surface area contributed by atoms with Crippen molar-refractivity contribution in [3.05, 3.63) is 65.7 Å². The van der Waals surface area contributed by atoms with Crippen molar-refractivity contribution in [2.75, 3.05) is 29.1 Å². The van der Waals surface area contributed by atoms with Gasteiger partial charge in [0.25, 0.3) is 0 Å². The summed E-state index contributed by atoms with van der Waals surface area (Å²) in [5, 5.41) is 25.8. The number of rotatable bonds is 7. The minimum Gasteiger partial charge on any atom is -0.394 e. The number of nitrogens with one attached hydrogen (secondary N) is 3. The van der Waals surface area contributed by atoms with Gasteiger partial charge in [0.15, 0.2) is 17.0 Å². The van der Waals surface area contributed by atoms with Gasteiger partial charge in [0, 0.05) is 23.6 Å². The molecule has 10 nitrogen and oxygen atoms in total. The quantitative estimate of drug-likeness (QED) is 0.249. The van der Waals surface area contributed by atoms with E-state index in [0.717, 1.165) is 12.1 Å². The molecule has 0 fully saturated rings. The Kier molecular flexibility index (Phi) is 7.24. The number of amides is 2. The maximum Gasteiger partial charge on any atom is 0.417 e. The summed E-state index contributed by atoms with van der Waals surface area (Å²) in [7, 11) is 0. The van der Waals surface area contributed by atoms with Crippen LogP contribution in [0, 0.1) is 0 Å². The average molecular weight is 522 g/mol. The van der Waals surface area contributed by atoms with Crippen LogP contribution >= 0.6 is 11.6 Å². The summed E-state index contributed by atoms with van der Waals surface area (Å²) in [5.74, 6) is 0.386. The molecular weight excluding hydrogens is 503 g/mol. The molecule has 0 aliphatic heterocycles. The Morgan fingerprint density at radius 2 is 1.75 bits per heavy atom. The Morgan fingerprint density at radius 1 is 1.06 bits per heavy atom. The van der Waals surface area contributed by atoms with Crippen LogP contribution in [0.2, 0.25) is 5.02 Å². The zero-order chi connectivity index (χ0) is 25.9. The highest BCUT2D eigenvalue weighted by atomic mass is 35.5. The minimum absolute atomic E-state index is 0.0682. The van der Waals surface area contributed by atoms with E-state index in [1.807, 2.05) is 0 Å². The van der Waals surface area contributed by atoms with Crippen molar-refractivity contribution in [1.29, 1.82) is 0 Å². The Balaban J connectivity index is 1.46. The molecule has 188 valence electrons. The van der Waals surface area contributed by atoms with Gasteiger partial charge in [0.05, 0.1) is 23.3 Å². The highest BCUT2D eigenvalue weighted by Crippen LogP contribution is 2.36. The van der Waals surface area contributed by atoms with Crippen molar-refractivity contribution in [1.82, 2.24) is 19.5 Å². The Bertz CT molecular complexity index is 1380. The number of alkyl halides is 3. The van der Waals surface area contributed by atoms with Crippen LogP contribution in [0.3, 0.4) is 0 Å². The molecule has 2 aromatic heterocycles. The summed E-state index contributed by atoms with van der Waals surface area (Å²) in [4.78, 5) is 24.9. The molecule has 4 aromatic rings. The van der Waals surface area contributed by atoms with Crippen molar-refractivity contribution >= 4 is 46.0 Å². The maximum absolute atomic E-state index is 13.0. The third kappa shape index (κ3) is 5.64. The molecule has 36 heavy (non-hydrogen) atoms. The van der Waals surface area contributed by atoms with Gasteiger partial charge >= 0.3 is 12.2 Å². The number of carbonyl (C=O) groups excluding carboxylic acids is 1. The van der Waals surface area contributed by atoms with E-state index in [-0.39, 0.29) is 12.2 Å². The Labute approximate surface area is 206 Å². The number of halogens is 4. The van der Waals surface area contributed by atoms with Crippen LogP contribution in [0.4, 0.5) is 35.2 Å². The summed E-state index contributed by atoms with van der Waals surface area (Å²) in [6, 6.07) is 8.91. The third-order valence-corrected chi connectivity index (χ3v) is 5.31. The van der Waals surface area contributed by atoms with Crippen LogP contribution in [-0.4, -0.2) is 55.0 Å². The number of aliphatic hydroxyl groups excluding tert-OH is 2. The molecule has 0 saturated heterocycles. The molecule has 1 unspecified atom stereocenters. The lowest BCUT2D eigenvalue weighted by atomic mass is 10.2. The predicted molar refractivity (Wildman–Crippen MR) is 127 cm³/mol. The number of hydrogen-bond acceptors (Lipinski definition) is 7. The number of aliphatic hydroxyl groups is 2. The summed E-state index contributed by atoms with van der Waals surface area (Å²) in [6.07, 6.45) is -2.75. The molecule has 4 rings (SSSR count). The van der Waals surface area contributed by atoms with Crippen molar-refractivity contribution in [3.8, 4) is 5.69 Å². The van der Waals surface area contributed by atoms with Crippen molar-refractivity contribution in [2.45, 2.75) is 12.3 Å². The second kappa shape index (κ2) is 10.4. The fourth-order valence-corrected chi connectivity index (χ4v) is 3.48. The summed E-state index contributed by atoms with van der Waals surface area (Å²) >= 11 is 5.60. The summed E-state index contributed by atoms with van der Waals surface area (Å²) in [5.41, 5.74) is 0.863. The summed E-state index contributed by atoms with van der Waals surface area (Å²) in [6.45, 7) is -0.326. The van der Waals surface area contributed by atoms with Gasteiger partial charge in [-0.3, -0.25) is 4.57 Å².